The lowest BCUT2D eigenvalue weighted by molar-refractivity contribution is -0.138. The highest BCUT2D eigenvalue weighted by Crippen LogP contribution is 2.42. The first-order valence-electron chi connectivity index (χ1n) is 6.75. The molecule has 0 bridgehead atoms. The van der Waals surface area contributed by atoms with E-state index in [-0.39, 0.29) is 12.5 Å². The van der Waals surface area contributed by atoms with Crippen LogP contribution in [0.25, 0.3) is 0 Å². The predicted octanol–water partition coefficient (Wildman–Crippen LogP) is 2.10. The van der Waals surface area contributed by atoms with Crippen molar-refractivity contribution in [3.05, 3.63) is 34.9 Å². The molecule has 0 atom stereocenters. The van der Waals surface area contributed by atoms with Crippen molar-refractivity contribution in [3.63, 3.8) is 0 Å². The molecule has 0 radical (unpaired) electrons. The van der Waals surface area contributed by atoms with Crippen LogP contribution in [0.3, 0.4) is 0 Å². The van der Waals surface area contributed by atoms with E-state index in [0.29, 0.717) is 5.02 Å². The predicted molar refractivity (Wildman–Crippen MR) is 78.4 cm³/mol. The molecule has 0 spiro atoms. The molecule has 1 aliphatic carbocycles. The molecule has 0 saturated heterocycles. The molecule has 1 aliphatic rings. The van der Waals surface area contributed by atoms with Crippen molar-refractivity contribution in [3.8, 4) is 0 Å². The minimum atomic E-state index is -0.533. The molecule has 2 rings (SSSR count). The molecule has 1 fully saturated rings. The quantitative estimate of drug-likeness (QED) is 0.924. The Hall–Kier alpha value is -1.55. The van der Waals surface area contributed by atoms with Crippen LogP contribution in [0.1, 0.15) is 31.2 Å². The average Bonchev–Trinajstić information content (AvgIpc) is 2.88. The first kappa shape index (κ1) is 14.9. The van der Waals surface area contributed by atoms with Crippen LogP contribution < -0.4 is 5.73 Å². The molecule has 0 aliphatic heterocycles. The van der Waals surface area contributed by atoms with Crippen molar-refractivity contribution in [1.29, 1.82) is 0 Å². The third kappa shape index (κ3) is 2.80. The second kappa shape index (κ2) is 5.83. The lowest BCUT2D eigenvalue weighted by Gasteiger charge is -2.32. The SMILES string of the molecule is CN(CC(N)=O)C(=O)C1(c2ccc(Cl)cc2)CCCC1. The standard InChI is InChI=1S/C15H19ClN2O2/c1-18(10-13(17)19)14(20)15(8-2-3-9-15)11-4-6-12(16)7-5-11/h4-7H,2-3,8-10H2,1H3,(H2,17,19). The number of carbonyl (C=O) groups is 2. The summed E-state index contributed by atoms with van der Waals surface area (Å²) in [5, 5.41) is 0.653. The minimum Gasteiger partial charge on any atom is -0.368 e. The summed E-state index contributed by atoms with van der Waals surface area (Å²) in [4.78, 5) is 25.2. The molecule has 20 heavy (non-hydrogen) atoms. The van der Waals surface area contributed by atoms with Gasteiger partial charge in [-0.1, -0.05) is 36.6 Å². The van der Waals surface area contributed by atoms with Crippen molar-refractivity contribution in [2.24, 2.45) is 5.73 Å². The fourth-order valence-corrected chi connectivity index (χ4v) is 3.17. The number of carbonyl (C=O) groups excluding carboxylic acids is 2. The van der Waals surface area contributed by atoms with E-state index in [1.165, 1.54) is 4.90 Å². The van der Waals surface area contributed by atoms with Crippen molar-refractivity contribution in [2.45, 2.75) is 31.1 Å². The molecular weight excluding hydrogens is 276 g/mol. The third-order valence-corrected chi connectivity index (χ3v) is 4.25. The lowest BCUT2D eigenvalue weighted by Crippen LogP contribution is -2.46. The van der Waals surface area contributed by atoms with Crippen LogP contribution in [0.15, 0.2) is 24.3 Å². The summed E-state index contributed by atoms with van der Waals surface area (Å²) in [6, 6.07) is 7.42. The Kier molecular flexibility index (Phi) is 4.33. The molecule has 5 heteroatoms. The van der Waals surface area contributed by atoms with Gasteiger partial charge in [-0.05, 0) is 30.5 Å². The van der Waals surface area contributed by atoms with E-state index in [1.54, 1.807) is 19.2 Å². The summed E-state index contributed by atoms with van der Waals surface area (Å²) in [6.45, 7) is -0.0474. The Morgan fingerprint density at radius 3 is 2.30 bits per heavy atom. The summed E-state index contributed by atoms with van der Waals surface area (Å²) < 4.78 is 0. The molecule has 1 saturated carbocycles. The minimum absolute atomic E-state index is 0.0314. The average molecular weight is 295 g/mol. The van der Waals surface area contributed by atoms with Crippen LogP contribution in [0.5, 0.6) is 0 Å². The molecular formula is C15H19ClN2O2. The van der Waals surface area contributed by atoms with E-state index < -0.39 is 11.3 Å². The summed E-state index contributed by atoms with van der Waals surface area (Å²) >= 11 is 5.92. The number of rotatable bonds is 4. The van der Waals surface area contributed by atoms with Crippen LogP contribution in [0.4, 0.5) is 0 Å². The van der Waals surface area contributed by atoms with Crippen LogP contribution in [0, 0.1) is 0 Å². The highest BCUT2D eigenvalue weighted by atomic mass is 35.5. The molecule has 0 unspecified atom stereocenters. The second-order valence-electron chi connectivity index (χ2n) is 5.42. The fourth-order valence-electron chi connectivity index (χ4n) is 3.04. The van der Waals surface area contributed by atoms with Gasteiger partial charge in [-0.25, -0.2) is 0 Å². The number of nitrogens with two attached hydrogens (primary N) is 1. The normalized spacial score (nSPS) is 16.9. The summed E-state index contributed by atoms with van der Waals surface area (Å²) in [7, 11) is 1.63. The second-order valence-corrected chi connectivity index (χ2v) is 5.86. The first-order chi connectivity index (χ1) is 9.45. The van der Waals surface area contributed by atoms with Gasteiger partial charge in [0.2, 0.25) is 11.8 Å². The molecule has 1 aromatic rings. The maximum absolute atomic E-state index is 12.8. The van der Waals surface area contributed by atoms with Gasteiger partial charge in [-0.15, -0.1) is 0 Å². The molecule has 1 aromatic carbocycles. The van der Waals surface area contributed by atoms with E-state index in [0.717, 1.165) is 31.2 Å². The Bertz CT molecular complexity index is 507. The summed E-state index contributed by atoms with van der Waals surface area (Å²) in [6.07, 6.45) is 3.63. The van der Waals surface area contributed by atoms with E-state index in [4.69, 9.17) is 17.3 Å². The van der Waals surface area contributed by atoms with Crippen LogP contribution in [-0.4, -0.2) is 30.3 Å². The molecule has 2 N–H and O–H groups in total. The van der Waals surface area contributed by atoms with Gasteiger partial charge < -0.3 is 10.6 Å². The van der Waals surface area contributed by atoms with Crippen molar-refractivity contribution < 1.29 is 9.59 Å². The van der Waals surface area contributed by atoms with Crippen molar-refractivity contribution in [1.82, 2.24) is 4.90 Å². The summed E-state index contributed by atoms with van der Waals surface area (Å²) in [5.74, 6) is -0.527. The van der Waals surface area contributed by atoms with E-state index in [9.17, 15) is 9.59 Å². The number of hydrogen-bond donors (Lipinski definition) is 1. The number of hydrogen-bond acceptors (Lipinski definition) is 2. The zero-order valence-electron chi connectivity index (χ0n) is 11.6. The van der Waals surface area contributed by atoms with E-state index >= 15 is 0 Å². The largest absolute Gasteiger partial charge is 0.368 e. The topological polar surface area (TPSA) is 63.4 Å². The van der Waals surface area contributed by atoms with Gasteiger partial charge in [0.05, 0.1) is 12.0 Å². The maximum atomic E-state index is 12.8. The molecule has 0 aromatic heterocycles. The monoisotopic (exact) mass is 294 g/mol. The van der Waals surface area contributed by atoms with Gasteiger partial charge in [0.1, 0.15) is 0 Å². The van der Waals surface area contributed by atoms with Gasteiger partial charge in [0.25, 0.3) is 0 Å². The zero-order valence-corrected chi connectivity index (χ0v) is 12.3. The number of amides is 2. The van der Waals surface area contributed by atoms with Crippen LogP contribution in [0.2, 0.25) is 5.02 Å². The van der Waals surface area contributed by atoms with Gasteiger partial charge >= 0.3 is 0 Å². The first-order valence-corrected chi connectivity index (χ1v) is 7.13. The number of likely N-dealkylation sites (N-methyl/N-ethyl adjacent to an activating group) is 1. The van der Waals surface area contributed by atoms with Gasteiger partial charge in [-0.3, -0.25) is 9.59 Å². The molecule has 0 heterocycles. The van der Waals surface area contributed by atoms with Crippen molar-refractivity contribution in [2.75, 3.05) is 13.6 Å². The maximum Gasteiger partial charge on any atom is 0.237 e. The smallest absolute Gasteiger partial charge is 0.237 e. The van der Waals surface area contributed by atoms with E-state index in [2.05, 4.69) is 0 Å². The highest BCUT2D eigenvalue weighted by Gasteiger charge is 2.44. The number of nitrogens with zero attached hydrogens (tertiary/aromatic N) is 1. The number of primary amides is 1. The van der Waals surface area contributed by atoms with Crippen molar-refractivity contribution >= 4 is 23.4 Å². The van der Waals surface area contributed by atoms with Gasteiger partial charge in [0, 0.05) is 12.1 Å². The van der Waals surface area contributed by atoms with E-state index in [1.807, 2.05) is 12.1 Å². The lowest BCUT2D eigenvalue weighted by atomic mass is 9.77. The number of halogens is 1. The zero-order chi connectivity index (χ0) is 14.8. The van der Waals surface area contributed by atoms with Gasteiger partial charge in [0.15, 0.2) is 0 Å². The van der Waals surface area contributed by atoms with Crippen LogP contribution >= 0.6 is 11.6 Å². The molecule has 4 nitrogen and oxygen atoms in total. The Balaban J connectivity index is 2.32. The highest BCUT2D eigenvalue weighted by molar-refractivity contribution is 6.30. The third-order valence-electron chi connectivity index (χ3n) is 4.00. The Morgan fingerprint density at radius 2 is 1.80 bits per heavy atom. The Morgan fingerprint density at radius 1 is 1.25 bits per heavy atom. The molecule has 2 amide bonds. The van der Waals surface area contributed by atoms with Gasteiger partial charge in [-0.2, -0.15) is 0 Å². The fraction of sp³-hybridized carbons (Fsp3) is 0.467. The molecule has 108 valence electrons. The van der Waals surface area contributed by atoms with Crippen LogP contribution in [-0.2, 0) is 15.0 Å². The Labute approximate surface area is 123 Å². The number of benzene rings is 1. The summed E-state index contributed by atoms with van der Waals surface area (Å²) in [5.41, 5.74) is 5.62.